The van der Waals surface area contributed by atoms with E-state index in [1.807, 2.05) is 6.92 Å². The second kappa shape index (κ2) is 7.81. The molecule has 1 rings (SSSR count). The van der Waals surface area contributed by atoms with Gasteiger partial charge in [0.2, 0.25) is 0 Å². The molecule has 1 atom stereocenters. The van der Waals surface area contributed by atoms with Crippen molar-refractivity contribution >= 4 is 11.7 Å². The van der Waals surface area contributed by atoms with E-state index in [-0.39, 0.29) is 11.7 Å². The number of carbonyl (C=O) groups excluding carboxylic acids is 2. The number of ketones is 1. The van der Waals surface area contributed by atoms with Gasteiger partial charge in [-0.3, -0.25) is 9.59 Å². The van der Waals surface area contributed by atoms with Crippen LogP contribution < -0.4 is 10.1 Å². The molecule has 0 heterocycles. The lowest BCUT2D eigenvalue weighted by atomic mass is 10.1. The molecule has 0 bridgehead atoms. The predicted octanol–water partition coefficient (Wildman–Crippen LogP) is 3.13. The number of amides is 1. The van der Waals surface area contributed by atoms with E-state index in [0.717, 1.165) is 12.0 Å². The molecule has 0 radical (unpaired) electrons. The maximum absolute atomic E-state index is 11.9. The summed E-state index contributed by atoms with van der Waals surface area (Å²) in [6, 6.07) is 5.24. The summed E-state index contributed by atoms with van der Waals surface area (Å²) in [4.78, 5) is 23.2. The third-order valence-electron chi connectivity index (χ3n) is 3.28. The van der Waals surface area contributed by atoms with Gasteiger partial charge >= 0.3 is 0 Å². The van der Waals surface area contributed by atoms with Crippen LogP contribution in [0.2, 0.25) is 0 Å². The zero-order valence-electron chi connectivity index (χ0n) is 13.5. The fourth-order valence-electron chi connectivity index (χ4n) is 1.87. The lowest BCUT2D eigenvalue weighted by Gasteiger charge is -2.17. The first-order chi connectivity index (χ1) is 9.81. The van der Waals surface area contributed by atoms with Gasteiger partial charge in [-0.1, -0.05) is 13.8 Å². The van der Waals surface area contributed by atoms with Gasteiger partial charge in [0.1, 0.15) is 5.75 Å². The number of nitrogens with one attached hydrogen (secondary N) is 1. The minimum absolute atomic E-state index is 0.0177. The molecule has 116 valence electrons. The Bertz CT molecular complexity index is 509. The topological polar surface area (TPSA) is 55.4 Å². The van der Waals surface area contributed by atoms with Gasteiger partial charge in [-0.25, -0.2) is 0 Å². The highest BCUT2D eigenvalue weighted by Crippen LogP contribution is 2.20. The van der Waals surface area contributed by atoms with Crippen LogP contribution in [0.5, 0.6) is 5.75 Å². The van der Waals surface area contributed by atoms with Gasteiger partial charge < -0.3 is 10.1 Å². The quantitative estimate of drug-likeness (QED) is 0.785. The maximum atomic E-state index is 11.9. The summed E-state index contributed by atoms with van der Waals surface area (Å²) in [5.41, 5.74) is 1.50. The normalized spacial score (nSPS) is 12.1. The highest BCUT2D eigenvalue weighted by molar-refractivity contribution is 5.94. The van der Waals surface area contributed by atoms with Crippen molar-refractivity contribution in [2.75, 3.05) is 6.54 Å². The van der Waals surface area contributed by atoms with Gasteiger partial charge in [0, 0.05) is 12.1 Å². The van der Waals surface area contributed by atoms with Crippen LogP contribution in [-0.2, 0) is 4.79 Å². The molecular formula is C17H25NO3. The highest BCUT2D eigenvalue weighted by Gasteiger charge is 2.15. The van der Waals surface area contributed by atoms with Crippen LogP contribution >= 0.6 is 0 Å². The molecule has 1 N–H and O–H groups in total. The van der Waals surface area contributed by atoms with E-state index in [2.05, 4.69) is 19.2 Å². The third kappa shape index (κ3) is 5.58. The van der Waals surface area contributed by atoms with Crippen LogP contribution in [0.15, 0.2) is 18.2 Å². The fourth-order valence-corrected chi connectivity index (χ4v) is 1.87. The molecule has 1 aromatic carbocycles. The number of ether oxygens (including phenoxy) is 1. The lowest BCUT2D eigenvalue weighted by Crippen LogP contribution is -2.37. The molecule has 0 aliphatic carbocycles. The summed E-state index contributed by atoms with van der Waals surface area (Å²) in [7, 11) is 0. The Morgan fingerprint density at radius 2 is 1.90 bits per heavy atom. The van der Waals surface area contributed by atoms with Gasteiger partial charge in [0.05, 0.1) is 0 Å². The number of benzene rings is 1. The minimum Gasteiger partial charge on any atom is -0.481 e. The Labute approximate surface area is 126 Å². The molecule has 0 aliphatic rings. The van der Waals surface area contributed by atoms with E-state index in [1.54, 1.807) is 25.1 Å². The SMILES string of the molecule is CC(=O)c1ccc(OC(C)C(=O)NCCC(C)C)c(C)c1. The first-order valence-corrected chi connectivity index (χ1v) is 7.37. The highest BCUT2D eigenvalue weighted by atomic mass is 16.5. The van der Waals surface area contributed by atoms with Crippen molar-refractivity contribution in [2.45, 2.75) is 47.1 Å². The van der Waals surface area contributed by atoms with Crippen LogP contribution in [0.3, 0.4) is 0 Å². The predicted molar refractivity (Wildman–Crippen MR) is 83.7 cm³/mol. The monoisotopic (exact) mass is 291 g/mol. The first-order valence-electron chi connectivity index (χ1n) is 7.37. The van der Waals surface area contributed by atoms with Crippen molar-refractivity contribution in [3.63, 3.8) is 0 Å². The summed E-state index contributed by atoms with van der Waals surface area (Å²) in [6.07, 6.45) is 0.393. The summed E-state index contributed by atoms with van der Waals surface area (Å²) >= 11 is 0. The smallest absolute Gasteiger partial charge is 0.260 e. The Balaban J connectivity index is 2.60. The summed E-state index contributed by atoms with van der Waals surface area (Å²) in [5, 5.41) is 2.87. The molecule has 21 heavy (non-hydrogen) atoms. The Kier molecular flexibility index (Phi) is 6.40. The molecule has 0 saturated heterocycles. The Morgan fingerprint density at radius 1 is 1.24 bits per heavy atom. The molecule has 0 aliphatic heterocycles. The van der Waals surface area contributed by atoms with Crippen LogP contribution in [-0.4, -0.2) is 24.3 Å². The number of Topliss-reactive ketones (excluding diaryl/α,β-unsaturated/α-hetero) is 1. The van der Waals surface area contributed by atoms with Gasteiger partial charge in [-0.15, -0.1) is 0 Å². The fraction of sp³-hybridized carbons (Fsp3) is 0.529. The van der Waals surface area contributed by atoms with E-state index in [0.29, 0.717) is 23.8 Å². The van der Waals surface area contributed by atoms with Crippen molar-refractivity contribution < 1.29 is 14.3 Å². The van der Waals surface area contributed by atoms with Crippen molar-refractivity contribution in [2.24, 2.45) is 5.92 Å². The average Bonchev–Trinajstić information content (AvgIpc) is 2.40. The molecular weight excluding hydrogens is 266 g/mol. The molecule has 1 aromatic rings. The molecule has 0 saturated carbocycles. The second-order valence-corrected chi connectivity index (χ2v) is 5.77. The van der Waals surface area contributed by atoms with E-state index >= 15 is 0 Å². The zero-order valence-corrected chi connectivity index (χ0v) is 13.5. The first kappa shape index (κ1) is 17.2. The van der Waals surface area contributed by atoms with Crippen molar-refractivity contribution in [3.8, 4) is 5.75 Å². The molecule has 0 fully saturated rings. The largest absolute Gasteiger partial charge is 0.481 e. The minimum atomic E-state index is -0.556. The lowest BCUT2D eigenvalue weighted by molar-refractivity contribution is -0.127. The molecule has 0 aromatic heterocycles. The van der Waals surface area contributed by atoms with Crippen LogP contribution in [0.4, 0.5) is 0 Å². The van der Waals surface area contributed by atoms with Crippen LogP contribution in [0.1, 0.15) is 50.0 Å². The van der Waals surface area contributed by atoms with Gasteiger partial charge in [-0.05, 0) is 56.9 Å². The molecule has 0 spiro atoms. The molecule has 4 nitrogen and oxygen atoms in total. The Hall–Kier alpha value is -1.84. The maximum Gasteiger partial charge on any atom is 0.260 e. The number of hydrogen-bond acceptors (Lipinski definition) is 3. The number of carbonyl (C=O) groups is 2. The standard InChI is InChI=1S/C17H25NO3/c1-11(2)8-9-18-17(20)14(5)21-16-7-6-15(13(4)19)10-12(16)3/h6-7,10-11,14H,8-9H2,1-5H3,(H,18,20). The average molecular weight is 291 g/mol. The molecule has 1 unspecified atom stereocenters. The van der Waals surface area contributed by atoms with Crippen molar-refractivity contribution in [1.29, 1.82) is 0 Å². The van der Waals surface area contributed by atoms with E-state index in [1.165, 1.54) is 6.92 Å². The van der Waals surface area contributed by atoms with Gasteiger partial charge in [0.15, 0.2) is 11.9 Å². The third-order valence-corrected chi connectivity index (χ3v) is 3.28. The van der Waals surface area contributed by atoms with Crippen molar-refractivity contribution in [1.82, 2.24) is 5.32 Å². The zero-order chi connectivity index (χ0) is 16.0. The van der Waals surface area contributed by atoms with Gasteiger partial charge in [0.25, 0.3) is 5.91 Å². The second-order valence-electron chi connectivity index (χ2n) is 5.77. The summed E-state index contributed by atoms with van der Waals surface area (Å²) in [6.45, 7) is 10.0. The summed E-state index contributed by atoms with van der Waals surface area (Å²) < 4.78 is 5.68. The number of hydrogen-bond donors (Lipinski definition) is 1. The number of rotatable bonds is 7. The Morgan fingerprint density at radius 3 is 2.43 bits per heavy atom. The molecule has 4 heteroatoms. The van der Waals surface area contributed by atoms with Gasteiger partial charge in [-0.2, -0.15) is 0 Å². The van der Waals surface area contributed by atoms with E-state index in [4.69, 9.17) is 4.74 Å². The van der Waals surface area contributed by atoms with Crippen LogP contribution in [0.25, 0.3) is 0 Å². The van der Waals surface area contributed by atoms with Crippen molar-refractivity contribution in [3.05, 3.63) is 29.3 Å². The van der Waals surface area contributed by atoms with Crippen LogP contribution in [0, 0.1) is 12.8 Å². The van der Waals surface area contributed by atoms with E-state index in [9.17, 15) is 9.59 Å². The number of aryl methyl sites for hydroxylation is 1. The van der Waals surface area contributed by atoms with E-state index < -0.39 is 6.10 Å². The summed E-state index contributed by atoms with van der Waals surface area (Å²) in [5.74, 6) is 1.09. The molecule has 1 amide bonds.